The SMILES string of the molecule is CC(=C=O)CN=CCc1ccccc1. The Kier molecular flexibility index (Phi) is 4.39. The van der Waals surface area contributed by atoms with Crippen LogP contribution in [-0.2, 0) is 11.2 Å². The average Bonchev–Trinajstić information content (AvgIpc) is 2.25. The van der Waals surface area contributed by atoms with Gasteiger partial charge in [-0.05, 0) is 12.5 Å². The molecule has 0 aliphatic rings. The molecule has 14 heavy (non-hydrogen) atoms. The summed E-state index contributed by atoms with van der Waals surface area (Å²) in [4.78, 5) is 14.2. The topological polar surface area (TPSA) is 29.4 Å². The molecular formula is C12H13NO. The van der Waals surface area contributed by atoms with Crippen LogP contribution < -0.4 is 0 Å². The first kappa shape index (κ1) is 10.4. The first-order valence-electron chi connectivity index (χ1n) is 4.55. The minimum atomic E-state index is 0.455. The van der Waals surface area contributed by atoms with Crippen molar-refractivity contribution in [3.05, 3.63) is 41.5 Å². The third-order valence-corrected chi connectivity index (χ3v) is 1.80. The fraction of sp³-hybridized carbons (Fsp3) is 0.250. The van der Waals surface area contributed by atoms with Gasteiger partial charge in [0, 0.05) is 18.2 Å². The maximum atomic E-state index is 10.1. The number of carbonyl (C=O) groups excluding carboxylic acids is 1. The predicted octanol–water partition coefficient (Wildman–Crippen LogP) is 2.08. The molecule has 1 rings (SSSR count). The van der Waals surface area contributed by atoms with E-state index in [0.29, 0.717) is 12.1 Å². The van der Waals surface area contributed by atoms with Crippen molar-refractivity contribution in [3.63, 3.8) is 0 Å². The number of hydrogen-bond donors (Lipinski definition) is 0. The molecule has 0 radical (unpaired) electrons. The van der Waals surface area contributed by atoms with Crippen molar-refractivity contribution >= 4 is 12.2 Å². The molecule has 0 atom stereocenters. The van der Waals surface area contributed by atoms with Crippen LogP contribution in [0.25, 0.3) is 0 Å². The Hall–Kier alpha value is -1.66. The van der Waals surface area contributed by atoms with E-state index in [1.807, 2.05) is 30.4 Å². The summed E-state index contributed by atoms with van der Waals surface area (Å²) < 4.78 is 0. The molecule has 0 fully saturated rings. The van der Waals surface area contributed by atoms with Gasteiger partial charge in [0.05, 0.1) is 6.54 Å². The van der Waals surface area contributed by atoms with Gasteiger partial charge in [-0.2, -0.15) is 0 Å². The molecule has 1 aromatic carbocycles. The van der Waals surface area contributed by atoms with Crippen molar-refractivity contribution < 1.29 is 4.79 Å². The molecule has 0 bridgehead atoms. The summed E-state index contributed by atoms with van der Waals surface area (Å²) in [6, 6.07) is 10.1. The summed E-state index contributed by atoms with van der Waals surface area (Å²) in [6.07, 6.45) is 2.64. The van der Waals surface area contributed by atoms with Crippen LogP contribution >= 0.6 is 0 Å². The highest BCUT2D eigenvalue weighted by Crippen LogP contribution is 1.97. The lowest BCUT2D eigenvalue weighted by molar-refractivity contribution is 0.566. The highest BCUT2D eigenvalue weighted by Gasteiger charge is 1.87. The summed E-state index contributed by atoms with van der Waals surface area (Å²) >= 11 is 0. The van der Waals surface area contributed by atoms with E-state index in [1.54, 1.807) is 6.92 Å². The van der Waals surface area contributed by atoms with Gasteiger partial charge < -0.3 is 0 Å². The van der Waals surface area contributed by atoms with Crippen LogP contribution in [0.4, 0.5) is 0 Å². The number of rotatable bonds is 4. The smallest absolute Gasteiger partial charge is 0.125 e. The summed E-state index contributed by atoms with van der Waals surface area (Å²) in [5.41, 5.74) is 1.86. The fourth-order valence-corrected chi connectivity index (χ4v) is 1.02. The Morgan fingerprint density at radius 2 is 2.14 bits per heavy atom. The van der Waals surface area contributed by atoms with Gasteiger partial charge in [-0.3, -0.25) is 4.99 Å². The molecule has 0 aliphatic heterocycles. The van der Waals surface area contributed by atoms with Crippen molar-refractivity contribution in [2.45, 2.75) is 13.3 Å². The lowest BCUT2D eigenvalue weighted by Crippen LogP contribution is -1.88. The molecule has 0 heterocycles. The maximum absolute atomic E-state index is 10.1. The van der Waals surface area contributed by atoms with E-state index in [4.69, 9.17) is 0 Å². The van der Waals surface area contributed by atoms with Crippen molar-refractivity contribution in [2.24, 2.45) is 4.99 Å². The van der Waals surface area contributed by atoms with Gasteiger partial charge in [0.1, 0.15) is 5.94 Å². The largest absolute Gasteiger partial charge is 0.292 e. The van der Waals surface area contributed by atoms with Crippen molar-refractivity contribution in [3.8, 4) is 0 Å². The zero-order valence-electron chi connectivity index (χ0n) is 8.23. The molecule has 0 unspecified atom stereocenters. The second kappa shape index (κ2) is 5.90. The van der Waals surface area contributed by atoms with Gasteiger partial charge in [0.25, 0.3) is 0 Å². The molecule has 0 aliphatic carbocycles. The minimum absolute atomic E-state index is 0.455. The second-order valence-corrected chi connectivity index (χ2v) is 3.10. The average molecular weight is 187 g/mol. The standard InChI is InChI=1S/C12H13NO/c1-11(10-14)9-13-8-7-12-5-3-2-4-6-12/h2-6,8H,7,9H2,1H3. The van der Waals surface area contributed by atoms with E-state index in [-0.39, 0.29) is 0 Å². The zero-order valence-corrected chi connectivity index (χ0v) is 8.23. The van der Waals surface area contributed by atoms with E-state index in [9.17, 15) is 4.79 Å². The van der Waals surface area contributed by atoms with Gasteiger partial charge in [0.15, 0.2) is 0 Å². The van der Waals surface area contributed by atoms with Crippen molar-refractivity contribution in [1.82, 2.24) is 0 Å². The van der Waals surface area contributed by atoms with E-state index < -0.39 is 0 Å². The van der Waals surface area contributed by atoms with Crippen LogP contribution in [0.2, 0.25) is 0 Å². The van der Waals surface area contributed by atoms with Crippen LogP contribution in [0, 0.1) is 0 Å². The number of benzene rings is 1. The minimum Gasteiger partial charge on any atom is -0.292 e. The second-order valence-electron chi connectivity index (χ2n) is 3.10. The molecule has 1 aromatic rings. The van der Waals surface area contributed by atoms with Gasteiger partial charge >= 0.3 is 0 Å². The zero-order chi connectivity index (χ0) is 10.2. The molecular weight excluding hydrogens is 174 g/mol. The van der Waals surface area contributed by atoms with Crippen LogP contribution in [0.5, 0.6) is 0 Å². The Bertz CT molecular complexity index is 348. The van der Waals surface area contributed by atoms with Gasteiger partial charge in [-0.15, -0.1) is 0 Å². The molecule has 0 amide bonds. The number of aliphatic imine (C=N–C) groups is 1. The first-order chi connectivity index (χ1) is 6.83. The molecule has 2 heteroatoms. The first-order valence-corrected chi connectivity index (χ1v) is 4.55. The Labute approximate surface area is 84.0 Å². The quantitative estimate of drug-likeness (QED) is 0.524. The summed E-state index contributed by atoms with van der Waals surface area (Å²) in [5.74, 6) is 1.82. The lowest BCUT2D eigenvalue weighted by atomic mass is 10.2. The Morgan fingerprint density at radius 3 is 2.79 bits per heavy atom. The van der Waals surface area contributed by atoms with Gasteiger partial charge in [-0.25, -0.2) is 4.79 Å². The van der Waals surface area contributed by atoms with Crippen molar-refractivity contribution in [1.29, 1.82) is 0 Å². The van der Waals surface area contributed by atoms with E-state index in [0.717, 1.165) is 6.42 Å². The van der Waals surface area contributed by atoms with Crippen LogP contribution in [-0.4, -0.2) is 18.7 Å². The highest BCUT2D eigenvalue weighted by molar-refractivity contribution is 5.62. The van der Waals surface area contributed by atoms with Crippen LogP contribution in [0.1, 0.15) is 12.5 Å². The van der Waals surface area contributed by atoms with E-state index >= 15 is 0 Å². The highest BCUT2D eigenvalue weighted by atomic mass is 16.1. The molecule has 2 nitrogen and oxygen atoms in total. The van der Waals surface area contributed by atoms with Crippen LogP contribution in [0.3, 0.4) is 0 Å². The maximum Gasteiger partial charge on any atom is 0.125 e. The number of hydrogen-bond acceptors (Lipinski definition) is 2. The van der Waals surface area contributed by atoms with Gasteiger partial charge in [0.2, 0.25) is 0 Å². The van der Waals surface area contributed by atoms with E-state index in [2.05, 4.69) is 17.1 Å². The third kappa shape index (κ3) is 3.83. The molecule has 72 valence electrons. The van der Waals surface area contributed by atoms with Gasteiger partial charge in [-0.1, -0.05) is 30.3 Å². The third-order valence-electron chi connectivity index (χ3n) is 1.80. The fourth-order valence-electron chi connectivity index (χ4n) is 1.02. The van der Waals surface area contributed by atoms with Crippen LogP contribution in [0.15, 0.2) is 40.9 Å². The Morgan fingerprint density at radius 1 is 1.43 bits per heavy atom. The molecule has 0 saturated heterocycles. The monoisotopic (exact) mass is 187 g/mol. The molecule has 0 N–H and O–H groups in total. The molecule has 0 spiro atoms. The summed E-state index contributed by atoms with van der Waals surface area (Å²) in [6.45, 7) is 2.18. The number of nitrogens with zero attached hydrogens (tertiary/aromatic N) is 1. The Balaban J connectivity index is 2.38. The van der Waals surface area contributed by atoms with E-state index in [1.165, 1.54) is 5.56 Å². The molecule has 0 aromatic heterocycles. The summed E-state index contributed by atoms with van der Waals surface area (Å²) in [5, 5.41) is 0. The van der Waals surface area contributed by atoms with Crippen molar-refractivity contribution in [2.75, 3.05) is 6.54 Å². The summed E-state index contributed by atoms with van der Waals surface area (Å²) in [7, 11) is 0. The lowest BCUT2D eigenvalue weighted by Gasteiger charge is -1.93. The normalized spacial score (nSPS) is 10.1. The molecule has 0 saturated carbocycles. The predicted molar refractivity (Wildman–Crippen MR) is 58.4 cm³/mol.